The highest BCUT2D eigenvalue weighted by Crippen LogP contribution is 2.23. The lowest BCUT2D eigenvalue weighted by atomic mass is 9.86. The molecule has 0 amide bonds. The van der Waals surface area contributed by atoms with Crippen LogP contribution in [0.25, 0.3) is 0 Å². The fourth-order valence-corrected chi connectivity index (χ4v) is 2.03. The first-order valence-corrected chi connectivity index (χ1v) is 7.24. The third-order valence-corrected chi connectivity index (χ3v) is 3.41. The molecule has 0 unspecified atom stereocenters. The van der Waals surface area contributed by atoms with Crippen LogP contribution in [0.4, 0.5) is 5.69 Å². The maximum Gasteiger partial charge on any atom is 0.187 e. The van der Waals surface area contributed by atoms with E-state index in [1.807, 2.05) is 30.3 Å². The van der Waals surface area contributed by atoms with E-state index in [4.69, 9.17) is 0 Å². The number of carbonyl (C=O) groups excluding carboxylic acids is 1. The summed E-state index contributed by atoms with van der Waals surface area (Å²) in [5.41, 5.74) is 2.47. The van der Waals surface area contributed by atoms with Crippen LogP contribution in [0.3, 0.4) is 0 Å². The minimum Gasteiger partial charge on any atom is -0.506 e. The van der Waals surface area contributed by atoms with E-state index < -0.39 is 0 Å². The number of nitrogens with one attached hydrogen (secondary N) is 1. The van der Waals surface area contributed by atoms with Crippen LogP contribution in [0.5, 0.6) is 5.75 Å². The molecule has 0 aliphatic rings. The van der Waals surface area contributed by atoms with Gasteiger partial charge in [-0.2, -0.15) is 0 Å². The molecule has 0 saturated heterocycles. The number of carbonyl (C=O) groups is 1. The van der Waals surface area contributed by atoms with Gasteiger partial charge in [0.25, 0.3) is 0 Å². The fourth-order valence-electron chi connectivity index (χ4n) is 2.03. The number of phenolic OH excluding ortho intramolecular Hbond substituents is 1. The minimum absolute atomic E-state index is 0.0732. The van der Waals surface area contributed by atoms with Crippen LogP contribution in [0.15, 0.2) is 60.8 Å². The number of ketones is 1. The summed E-state index contributed by atoms with van der Waals surface area (Å²) < 4.78 is 0. The molecule has 0 radical (unpaired) electrons. The highest BCUT2D eigenvalue weighted by Gasteiger charge is 2.13. The number of allylic oxidation sites excluding steroid dienone is 1. The molecule has 0 fully saturated rings. The smallest absolute Gasteiger partial charge is 0.187 e. The molecule has 0 spiro atoms. The lowest BCUT2D eigenvalue weighted by Crippen LogP contribution is -2.11. The molecule has 0 atom stereocenters. The van der Waals surface area contributed by atoms with E-state index in [2.05, 4.69) is 26.1 Å². The lowest BCUT2D eigenvalue weighted by Gasteiger charge is -2.18. The molecule has 2 N–H and O–H groups in total. The summed E-state index contributed by atoms with van der Waals surface area (Å²) in [5, 5.41) is 12.5. The maximum absolute atomic E-state index is 12.1. The monoisotopic (exact) mass is 295 g/mol. The predicted molar refractivity (Wildman–Crippen MR) is 90.3 cm³/mol. The Hall–Kier alpha value is -2.55. The number of para-hydroxylation sites is 2. The van der Waals surface area contributed by atoms with Gasteiger partial charge in [-0.25, -0.2) is 0 Å². The van der Waals surface area contributed by atoms with Crippen LogP contribution in [-0.2, 0) is 5.41 Å². The first-order chi connectivity index (χ1) is 10.4. The van der Waals surface area contributed by atoms with Gasteiger partial charge in [0.2, 0.25) is 0 Å². The van der Waals surface area contributed by atoms with Crippen LogP contribution < -0.4 is 5.32 Å². The first kappa shape index (κ1) is 15.8. The number of benzene rings is 2. The van der Waals surface area contributed by atoms with Crippen molar-refractivity contribution in [2.75, 3.05) is 5.32 Å². The Morgan fingerprint density at radius 3 is 2.27 bits per heavy atom. The third kappa shape index (κ3) is 3.98. The highest BCUT2D eigenvalue weighted by molar-refractivity contribution is 6.04. The Morgan fingerprint density at radius 1 is 1.05 bits per heavy atom. The molecule has 0 bridgehead atoms. The molecular weight excluding hydrogens is 274 g/mol. The number of aromatic hydroxyl groups is 1. The van der Waals surface area contributed by atoms with Gasteiger partial charge in [-0.3, -0.25) is 4.79 Å². The molecule has 0 saturated carbocycles. The number of anilines is 1. The second kappa shape index (κ2) is 6.48. The normalized spacial score (nSPS) is 11.6. The van der Waals surface area contributed by atoms with E-state index in [0.29, 0.717) is 11.3 Å². The molecule has 2 aromatic carbocycles. The van der Waals surface area contributed by atoms with Gasteiger partial charge in [0, 0.05) is 17.8 Å². The quantitative estimate of drug-likeness (QED) is 0.496. The second-order valence-electron chi connectivity index (χ2n) is 6.19. The van der Waals surface area contributed by atoms with E-state index in [-0.39, 0.29) is 16.9 Å². The Kier molecular flexibility index (Phi) is 4.66. The number of hydrogen-bond donors (Lipinski definition) is 2. The average molecular weight is 295 g/mol. The zero-order valence-electron chi connectivity index (χ0n) is 13.1. The number of rotatable bonds is 4. The van der Waals surface area contributed by atoms with Crippen LogP contribution in [-0.4, -0.2) is 10.9 Å². The Morgan fingerprint density at radius 2 is 1.68 bits per heavy atom. The van der Waals surface area contributed by atoms with E-state index in [0.717, 1.165) is 0 Å². The zero-order chi connectivity index (χ0) is 16.2. The molecule has 22 heavy (non-hydrogen) atoms. The van der Waals surface area contributed by atoms with Gasteiger partial charge >= 0.3 is 0 Å². The summed E-state index contributed by atoms with van der Waals surface area (Å²) in [6.07, 6.45) is 2.99. The van der Waals surface area contributed by atoms with Crippen LogP contribution in [0.2, 0.25) is 0 Å². The Bertz CT molecular complexity index is 679. The van der Waals surface area contributed by atoms with Crippen molar-refractivity contribution in [2.45, 2.75) is 26.2 Å². The van der Waals surface area contributed by atoms with Gasteiger partial charge in [-0.05, 0) is 23.1 Å². The van der Waals surface area contributed by atoms with Crippen molar-refractivity contribution in [2.24, 2.45) is 0 Å². The van der Waals surface area contributed by atoms with Crippen molar-refractivity contribution in [1.82, 2.24) is 0 Å². The Balaban J connectivity index is 2.03. The lowest BCUT2D eigenvalue weighted by molar-refractivity contribution is 0.104. The van der Waals surface area contributed by atoms with Gasteiger partial charge in [0.05, 0.1) is 5.69 Å². The van der Waals surface area contributed by atoms with Crippen molar-refractivity contribution in [1.29, 1.82) is 0 Å². The van der Waals surface area contributed by atoms with E-state index >= 15 is 0 Å². The molecule has 0 aliphatic carbocycles. The van der Waals surface area contributed by atoms with Crippen molar-refractivity contribution >= 4 is 11.5 Å². The maximum atomic E-state index is 12.1. The highest BCUT2D eigenvalue weighted by atomic mass is 16.3. The van der Waals surface area contributed by atoms with Crippen LogP contribution >= 0.6 is 0 Å². The summed E-state index contributed by atoms with van der Waals surface area (Å²) in [6.45, 7) is 6.42. The molecule has 3 heteroatoms. The van der Waals surface area contributed by atoms with Gasteiger partial charge in [-0.15, -0.1) is 0 Å². The van der Waals surface area contributed by atoms with Crippen LogP contribution in [0, 0.1) is 0 Å². The van der Waals surface area contributed by atoms with Crippen molar-refractivity contribution in [3.05, 3.63) is 71.9 Å². The van der Waals surface area contributed by atoms with Gasteiger partial charge in [0.15, 0.2) is 5.78 Å². The standard InChI is InChI=1S/C19H21NO2/c1-19(2,3)15-10-8-14(9-11-15)17(21)12-13-20-16-6-4-5-7-18(16)22/h4-13,20,22H,1-3H3/b13-12+. The number of hydrogen-bond acceptors (Lipinski definition) is 3. The minimum atomic E-state index is -0.0802. The van der Waals surface area contributed by atoms with Crippen molar-refractivity contribution in [3.8, 4) is 5.75 Å². The van der Waals surface area contributed by atoms with Crippen LogP contribution in [0.1, 0.15) is 36.7 Å². The van der Waals surface area contributed by atoms with Crippen molar-refractivity contribution in [3.63, 3.8) is 0 Å². The van der Waals surface area contributed by atoms with E-state index in [9.17, 15) is 9.90 Å². The summed E-state index contributed by atoms with van der Waals surface area (Å²) in [4.78, 5) is 12.1. The summed E-state index contributed by atoms with van der Waals surface area (Å²) in [6, 6.07) is 14.5. The fraction of sp³-hybridized carbons (Fsp3) is 0.211. The Labute approximate surface area is 131 Å². The predicted octanol–water partition coefficient (Wildman–Crippen LogP) is 4.50. The third-order valence-electron chi connectivity index (χ3n) is 3.41. The zero-order valence-corrected chi connectivity index (χ0v) is 13.1. The molecule has 2 aromatic rings. The topological polar surface area (TPSA) is 49.3 Å². The molecule has 0 heterocycles. The average Bonchev–Trinajstić information content (AvgIpc) is 2.48. The molecule has 0 aromatic heterocycles. The molecular formula is C19H21NO2. The van der Waals surface area contributed by atoms with E-state index in [1.54, 1.807) is 18.2 Å². The van der Waals surface area contributed by atoms with Gasteiger partial charge in [0.1, 0.15) is 5.75 Å². The van der Waals surface area contributed by atoms with Crippen molar-refractivity contribution < 1.29 is 9.90 Å². The molecule has 114 valence electrons. The molecule has 0 aliphatic heterocycles. The first-order valence-electron chi connectivity index (χ1n) is 7.24. The second-order valence-corrected chi connectivity index (χ2v) is 6.19. The molecule has 2 rings (SSSR count). The summed E-state index contributed by atoms with van der Waals surface area (Å²) in [5.74, 6) is 0.0671. The SMILES string of the molecule is CC(C)(C)c1ccc(C(=O)/C=C/Nc2ccccc2O)cc1. The van der Waals surface area contributed by atoms with Gasteiger partial charge < -0.3 is 10.4 Å². The summed E-state index contributed by atoms with van der Waals surface area (Å²) >= 11 is 0. The molecule has 3 nitrogen and oxygen atoms in total. The number of phenols is 1. The van der Waals surface area contributed by atoms with Gasteiger partial charge in [-0.1, -0.05) is 57.2 Å². The van der Waals surface area contributed by atoms with E-state index in [1.165, 1.54) is 17.8 Å². The largest absolute Gasteiger partial charge is 0.506 e. The summed E-state index contributed by atoms with van der Waals surface area (Å²) in [7, 11) is 0.